The number of hydrogen-bond donors (Lipinski definition) is 1. The van der Waals surface area contributed by atoms with Gasteiger partial charge in [0, 0.05) is 71.0 Å². The summed E-state index contributed by atoms with van der Waals surface area (Å²) in [5.74, 6) is -0.304. The van der Waals surface area contributed by atoms with Crippen LogP contribution in [0.3, 0.4) is 0 Å². The van der Waals surface area contributed by atoms with Crippen LogP contribution in [0.2, 0.25) is 0 Å². The van der Waals surface area contributed by atoms with Crippen LogP contribution in [0.25, 0.3) is 11.1 Å². The Kier molecular flexibility index (Phi) is 6.51. The Bertz CT molecular complexity index is 1200. The molecule has 8 nitrogen and oxygen atoms in total. The largest absolute Gasteiger partial charge is 0.417 e. The minimum Gasteiger partial charge on any atom is -0.406 e. The number of oxazole rings is 1. The highest BCUT2D eigenvalue weighted by Gasteiger charge is 2.23. The molecule has 3 heterocycles. The van der Waals surface area contributed by atoms with E-state index in [1.165, 1.54) is 5.56 Å². The van der Waals surface area contributed by atoms with Crippen LogP contribution < -0.4 is 10.7 Å². The van der Waals surface area contributed by atoms with Crippen molar-refractivity contribution in [2.24, 2.45) is 0 Å². The van der Waals surface area contributed by atoms with Gasteiger partial charge in [-0.05, 0) is 29.8 Å². The molecule has 0 radical (unpaired) electrons. The minimum absolute atomic E-state index is 0.115. The molecule has 0 spiro atoms. The SMILES string of the molecule is C=CCN1CCN(C(=O)c2ccc(CN3CCN(c4cccc5[nH]c(=O)oc45)CC3)cc2)CC1. The molecule has 5 rings (SSSR count). The fourth-order valence-corrected chi connectivity index (χ4v) is 4.86. The molecule has 34 heavy (non-hydrogen) atoms. The van der Waals surface area contributed by atoms with Crippen LogP contribution in [0.15, 0.2) is 64.3 Å². The number of benzene rings is 2. The van der Waals surface area contributed by atoms with Gasteiger partial charge in [-0.1, -0.05) is 24.3 Å². The van der Waals surface area contributed by atoms with Crippen molar-refractivity contribution in [2.45, 2.75) is 6.54 Å². The zero-order valence-electron chi connectivity index (χ0n) is 19.4. The summed E-state index contributed by atoms with van der Waals surface area (Å²) in [5.41, 5.74) is 4.29. The van der Waals surface area contributed by atoms with Gasteiger partial charge in [0.1, 0.15) is 0 Å². The number of piperazine rings is 2. The van der Waals surface area contributed by atoms with E-state index in [4.69, 9.17) is 4.42 Å². The summed E-state index contributed by atoms with van der Waals surface area (Å²) in [4.78, 5) is 36.1. The number of fused-ring (bicyclic) bond motifs is 1. The van der Waals surface area contributed by atoms with Crippen molar-refractivity contribution in [1.29, 1.82) is 0 Å². The second kappa shape index (κ2) is 9.87. The van der Waals surface area contributed by atoms with Crippen LogP contribution in [-0.4, -0.2) is 84.5 Å². The molecule has 0 atom stereocenters. The average Bonchev–Trinajstić information content (AvgIpc) is 3.26. The molecule has 1 N–H and O–H groups in total. The molecule has 3 aromatic rings. The fraction of sp³-hybridized carbons (Fsp3) is 0.385. The lowest BCUT2D eigenvalue weighted by Gasteiger charge is -2.36. The van der Waals surface area contributed by atoms with Crippen molar-refractivity contribution in [1.82, 2.24) is 19.7 Å². The first kappa shape index (κ1) is 22.4. The highest BCUT2D eigenvalue weighted by molar-refractivity contribution is 5.94. The third-order valence-corrected chi connectivity index (χ3v) is 6.79. The van der Waals surface area contributed by atoms with Crippen LogP contribution >= 0.6 is 0 Å². The number of aromatic amines is 1. The maximum absolute atomic E-state index is 12.9. The van der Waals surface area contributed by atoms with Gasteiger partial charge >= 0.3 is 5.76 Å². The monoisotopic (exact) mass is 461 g/mol. The van der Waals surface area contributed by atoms with Crippen molar-refractivity contribution in [3.63, 3.8) is 0 Å². The topological polar surface area (TPSA) is 76.0 Å². The molecule has 8 heteroatoms. The molecule has 0 unspecified atom stereocenters. The van der Waals surface area contributed by atoms with E-state index < -0.39 is 5.76 Å². The quantitative estimate of drug-likeness (QED) is 0.568. The van der Waals surface area contributed by atoms with E-state index >= 15 is 0 Å². The van der Waals surface area contributed by atoms with E-state index in [1.54, 1.807) is 0 Å². The van der Waals surface area contributed by atoms with Crippen LogP contribution in [0, 0.1) is 0 Å². The molecule has 0 aliphatic carbocycles. The maximum atomic E-state index is 12.9. The summed E-state index contributed by atoms with van der Waals surface area (Å²) < 4.78 is 5.36. The Morgan fingerprint density at radius 3 is 2.35 bits per heavy atom. The van der Waals surface area contributed by atoms with Crippen LogP contribution in [0.4, 0.5) is 5.69 Å². The first-order valence-electron chi connectivity index (χ1n) is 11.9. The van der Waals surface area contributed by atoms with E-state index in [9.17, 15) is 9.59 Å². The summed E-state index contributed by atoms with van der Waals surface area (Å²) in [7, 11) is 0. The molecule has 2 saturated heterocycles. The first-order valence-corrected chi connectivity index (χ1v) is 11.9. The fourth-order valence-electron chi connectivity index (χ4n) is 4.86. The standard InChI is InChI=1S/C26H31N5O3/c1-2-10-28-11-17-31(18-12-28)25(32)21-8-6-20(7-9-21)19-29-13-15-30(16-14-29)23-5-3-4-22-24(23)34-26(33)27-22/h2-9H,1,10-19H2,(H,27,33). The Morgan fingerprint density at radius 2 is 1.65 bits per heavy atom. The van der Waals surface area contributed by atoms with Gasteiger partial charge in [-0.15, -0.1) is 6.58 Å². The summed E-state index contributed by atoms with van der Waals surface area (Å²) >= 11 is 0. The van der Waals surface area contributed by atoms with Gasteiger partial charge in [0.15, 0.2) is 5.58 Å². The lowest BCUT2D eigenvalue weighted by atomic mass is 10.1. The van der Waals surface area contributed by atoms with Crippen molar-refractivity contribution < 1.29 is 9.21 Å². The van der Waals surface area contributed by atoms with E-state index in [2.05, 4.69) is 38.4 Å². The maximum Gasteiger partial charge on any atom is 0.417 e. The molecular formula is C26H31N5O3. The number of nitrogens with zero attached hydrogens (tertiary/aromatic N) is 4. The first-order chi connectivity index (χ1) is 16.6. The van der Waals surface area contributed by atoms with Gasteiger partial charge in [0.2, 0.25) is 0 Å². The lowest BCUT2D eigenvalue weighted by molar-refractivity contribution is 0.0650. The Labute approximate surface area is 199 Å². The lowest BCUT2D eigenvalue weighted by Crippen LogP contribution is -2.48. The number of carbonyl (C=O) groups excluding carboxylic acids is 1. The van der Waals surface area contributed by atoms with Crippen LogP contribution in [0.1, 0.15) is 15.9 Å². The highest BCUT2D eigenvalue weighted by Crippen LogP contribution is 2.26. The molecular weight excluding hydrogens is 430 g/mol. The van der Waals surface area contributed by atoms with Crippen LogP contribution in [0.5, 0.6) is 0 Å². The number of anilines is 1. The molecule has 0 bridgehead atoms. The number of nitrogens with one attached hydrogen (secondary N) is 1. The predicted octanol–water partition coefficient (Wildman–Crippen LogP) is 2.39. The molecule has 2 aliphatic heterocycles. The number of H-pyrrole nitrogens is 1. The zero-order chi connectivity index (χ0) is 23.5. The van der Waals surface area contributed by atoms with Crippen molar-refractivity contribution in [3.8, 4) is 0 Å². The summed E-state index contributed by atoms with van der Waals surface area (Å²) in [6.07, 6.45) is 1.91. The Hall–Kier alpha value is -3.36. The van der Waals surface area contributed by atoms with Crippen molar-refractivity contribution in [2.75, 3.05) is 63.8 Å². The average molecular weight is 462 g/mol. The Morgan fingerprint density at radius 1 is 0.941 bits per heavy atom. The van der Waals surface area contributed by atoms with Gasteiger partial charge in [0.25, 0.3) is 5.91 Å². The van der Waals surface area contributed by atoms with E-state index in [0.717, 1.165) is 82.2 Å². The highest BCUT2D eigenvalue weighted by atomic mass is 16.4. The molecule has 0 saturated carbocycles. The third kappa shape index (κ3) is 4.78. The van der Waals surface area contributed by atoms with Crippen molar-refractivity contribution in [3.05, 3.63) is 76.8 Å². The summed E-state index contributed by atoms with van der Waals surface area (Å²) in [6.45, 7) is 12.4. The van der Waals surface area contributed by atoms with Gasteiger partial charge in [-0.25, -0.2) is 4.79 Å². The number of amides is 1. The summed E-state index contributed by atoms with van der Waals surface area (Å²) in [6, 6.07) is 13.9. The minimum atomic E-state index is -0.419. The predicted molar refractivity (Wildman–Crippen MR) is 133 cm³/mol. The number of hydrogen-bond acceptors (Lipinski definition) is 6. The molecule has 2 aromatic carbocycles. The molecule has 1 amide bonds. The number of para-hydroxylation sites is 1. The van der Waals surface area contributed by atoms with Crippen molar-refractivity contribution >= 4 is 22.7 Å². The summed E-state index contributed by atoms with van der Waals surface area (Å²) in [5, 5.41) is 0. The van der Waals surface area contributed by atoms with Crippen LogP contribution in [-0.2, 0) is 6.54 Å². The number of carbonyl (C=O) groups is 1. The zero-order valence-corrected chi connectivity index (χ0v) is 19.4. The molecule has 178 valence electrons. The van der Waals surface area contributed by atoms with E-state index in [-0.39, 0.29) is 5.91 Å². The number of aromatic nitrogens is 1. The molecule has 1 aromatic heterocycles. The Balaban J connectivity index is 1.14. The van der Waals surface area contributed by atoms with Gasteiger partial charge in [0.05, 0.1) is 11.2 Å². The third-order valence-electron chi connectivity index (χ3n) is 6.79. The van der Waals surface area contributed by atoms with Gasteiger partial charge in [-0.3, -0.25) is 19.6 Å². The van der Waals surface area contributed by atoms with E-state index in [0.29, 0.717) is 5.58 Å². The van der Waals surface area contributed by atoms with Gasteiger partial charge < -0.3 is 14.2 Å². The van der Waals surface area contributed by atoms with E-state index in [1.807, 2.05) is 41.3 Å². The second-order valence-corrected chi connectivity index (χ2v) is 9.01. The normalized spacial score (nSPS) is 17.9. The van der Waals surface area contributed by atoms with Gasteiger partial charge in [-0.2, -0.15) is 0 Å². The molecule has 2 aliphatic rings. The smallest absolute Gasteiger partial charge is 0.406 e. The molecule has 2 fully saturated rings. The number of rotatable bonds is 6. The second-order valence-electron chi connectivity index (χ2n) is 9.01.